The zero-order valence-electron chi connectivity index (χ0n) is 8.10. The summed E-state index contributed by atoms with van der Waals surface area (Å²) >= 11 is 0. The third-order valence-electron chi connectivity index (χ3n) is 1.78. The SMILES string of the molecule is COc1c(F)cc(S(N)(=O)=O)cc1C(=O)O. The van der Waals surface area contributed by atoms with Crippen LogP contribution in [-0.4, -0.2) is 26.6 Å². The molecule has 16 heavy (non-hydrogen) atoms. The lowest BCUT2D eigenvalue weighted by Gasteiger charge is -2.07. The maximum absolute atomic E-state index is 13.3. The van der Waals surface area contributed by atoms with Crippen LogP contribution in [0, 0.1) is 5.82 Å². The van der Waals surface area contributed by atoms with Gasteiger partial charge in [0, 0.05) is 0 Å². The fourth-order valence-corrected chi connectivity index (χ4v) is 1.65. The molecule has 0 heterocycles. The molecule has 0 aromatic heterocycles. The predicted molar refractivity (Wildman–Crippen MR) is 51.3 cm³/mol. The smallest absolute Gasteiger partial charge is 0.339 e. The van der Waals surface area contributed by atoms with Crippen molar-refractivity contribution in [3.63, 3.8) is 0 Å². The molecule has 0 aliphatic carbocycles. The first-order chi connectivity index (χ1) is 7.27. The van der Waals surface area contributed by atoms with Gasteiger partial charge in [0.05, 0.1) is 12.0 Å². The summed E-state index contributed by atoms with van der Waals surface area (Å²) in [6, 6.07) is 1.33. The molecule has 88 valence electrons. The number of carboxylic acid groups (broad SMARTS) is 1. The first-order valence-electron chi connectivity index (χ1n) is 3.91. The van der Waals surface area contributed by atoms with Gasteiger partial charge in [-0.2, -0.15) is 0 Å². The van der Waals surface area contributed by atoms with Crippen molar-refractivity contribution in [1.82, 2.24) is 0 Å². The Bertz CT molecular complexity index is 540. The van der Waals surface area contributed by atoms with E-state index in [9.17, 15) is 17.6 Å². The standard InChI is InChI=1S/C8H8FNO5S/c1-15-7-5(8(11)12)2-4(3-6(7)9)16(10,13)14/h2-3H,1H3,(H,11,12)(H2,10,13,14). The number of aromatic carboxylic acids is 1. The zero-order valence-corrected chi connectivity index (χ0v) is 8.91. The number of primary sulfonamides is 1. The van der Waals surface area contributed by atoms with Crippen molar-refractivity contribution in [2.75, 3.05) is 7.11 Å². The molecule has 1 aromatic carbocycles. The van der Waals surface area contributed by atoms with Crippen LogP contribution in [0.3, 0.4) is 0 Å². The van der Waals surface area contributed by atoms with Crippen molar-refractivity contribution in [2.45, 2.75) is 4.90 Å². The van der Waals surface area contributed by atoms with Crippen LogP contribution in [0.2, 0.25) is 0 Å². The van der Waals surface area contributed by atoms with Crippen molar-refractivity contribution in [3.8, 4) is 5.75 Å². The number of rotatable bonds is 3. The number of halogens is 1. The van der Waals surface area contributed by atoms with E-state index in [1.54, 1.807) is 0 Å². The monoisotopic (exact) mass is 249 g/mol. The van der Waals surface area contributed by atoms with Gasteiger partial charge in [-0.1, -0.05) is 0 Å². The van der Waals surface area contributed by atoms with Gasteiger partial charge in [0.2, 0.25) is 10.0 Å². The van der Waals surface area contributed by atoms with E-state index < -0.39 is 38.0 Å². The van der Waals surface area contributed by atoms with Gasteiger partial charge in [-0.25, -0.2) is 22.7 Å². The molecule has 0 spiro atoms. The largest absolute Gasteiger partial charge is 0.493 e. The van der Waals surface area contributed by atoms with Crippen LogP contribution < -0.4 is 9.88 Å². The third kappa shape index (κ3) is 2.28. The molecule has 6 nitrogen and oxygen atoms in total. The number of carbonyl (C=O) groups is 1. The normalized spacial score (nSPS) is 11.2. The Balaban J connectivity index is 3.59. The molecule has 0 fully saturated rings. The van der Waals surface area contributed by atoms with Crippen molar-refractivity contribution in [1.29, 1.82) is 0 Å². The minimum Gasteiger partial charge on any atom is -0.493 e. The predicted octanol–water partition coefficient (Wildman–Crippen LogP) is 0.180. The molecule has 0 aliphatic rings. The summed E-state index contributed by atoms with van der Waals surface area (Å²) in [4.78, 5) is 10.1. The summed E-state index contributed by atoms with van der Waals surface area (Å²) in [5, 5.41) is 13.5. The molecule has 3 N–H and O–H groups in total. The van der Waals surface area contributed by atoms with Crippen LogP contribution in [0.1, 0.15) is 10.4 Å². The third-order valence-corrected chi connectivity index (χ3v) is 2.67. The minimum absolute atomic E-state index is 0.542. The Labute approximate surface area is 90.5 Å². The number of nitrogens with two attached hydrogens (primary N) is 1. The summed E-state index contributed by atoms with van der Waals surface area (Å²) in [7, 11) is -3.09. The maximum atomic E-state index is 13.3. The second-order valence-corrected chi connectivity index (χ2v) is 4.40. The average Bonchev–Trinajstić information content (AvgIpc) is 2.14. The highest BCUT2D eigenvalue weighted by molar-refractivity contribution is 7.89. The van der Waals surface area contributed by atoms with Crippen molar-refractivity contribution in [2.24, 2.45) is 5.14 Å². The molecule has 0 radical (unpaired) electrons. The summed E-state index contributed by atoms with van der Waals surface area (Å²) in [5.74, 6) is -3.16. The molecule has 1 rings (SSSR count). The van der Waals surface area contributed by atoms with Crippen molar-refractivity contribution in [3.05, 3.63) is 23.5 Å². The second kappa shape index (κ2) is 4.06. The highest BCUT2D eigenvalue weighted by Crippen LogP contribution is 2.26. The van der Waals surface area contributed by atoms with E-state index in [0.717, 1.165) is 13.2 Å². The van der Waals surface area contributed by atoms with Gasteiger partial charge >= 0.3 is 5.97 Å². The van der Waals surface area contributed by atoms with E-state index in [2.05, 4.69) is 4.74 Å². The van der Waals surface area contributed by atoms with E-state index in [-0.39, 0.29) is 0 Å². The topological polar surface area (TPSA) is 107 Å². The molecule has 8 heteroatoms. The highest BCUT2D eigenvalue weighted by Gasteiger charge is 2.21. The Hall–Kier alpha value is -1.67. The Morgan fingerprint density at radius 3 is 2.44 bits per heavy atom. The maximum Gasteiger partial charge on any atom is 0.339 e. The van der Waals surface area contributed by atoms with E-state index in [4.69, 9.17) is 10.2 Å². The van der Waals surface area contributed by atoms with E-state index in [1.807, 2.05) is 0 Å². The van der Waals surface area contributed by atoms with Gasteiger partial charge in [0.15, 0.2) is 11.6 Å². The Morgan fingerprint density at radius 1 is 1.50 bits per heavy atom. The van der Waals surface area contributed by atoms with Gasteiger partial charge in [-0.05, 0) is 12.1 Å². The van der Waals surface area contributed by atoms with Crippen molar-refractivity contribution < 1.29 is 27.4 Å². The van der Waals surface area contributed by atoms with Gasteiger partial charge in [-0.3, -0.25) is 0 Å². The number of benzene rings is 1. The lowest BCUT2D eigenvalue weighted by molar-refractivity contribution is 0.0692. The quantitative estimate of drug-likeness (QED) is 0.794. The van der Waals surface area contributed by atoms with E-state index in [1.165, 1.54) is 0 Å². The van der Waals surface area contributed by atoms with Crippen LogP contribution in [0.5, 0.6) is 5.75 Å². The van der Waals surface area contributed by atoms with Crippen LogP contribution >= 0.6 is 0 Å². The fraction of sp³-hybridized carbons (Fsp3) is 0.125. The van der Waals surface area contributed by atoms with E-state index >= 15 is 0 Å². The zero-order chi connectivity index (χ0) is 12.5. The van der Waals surface area contributed by atoms with Gasteiger partial charge in [0.1, 0.15) is 5.56 Å². The molecule has 0 bridgehead atoms. The molecular formula is C8H8FNO5S. The summed E-state index contributed by atoms with van der Waals surface area (Å²) in [6.45, 7) is 0. The van der Waals surface area contributed by atoms with Crippen LogP contribution in [0.15, 0.2) is 17.0 Å². The number of sulfonamides is 1. The number of hydrogen-bond donors (Lipinski definition) is 2. The lowest BCUT2D eigenvalue weighted by Crippen LogP contribution is -2.14. The molecular weight excluding hydrogens is 241 g/mol. The molecule has 0 aliphatic heterocycles. The molecule has 0 saturated heterocycles. The molecule has 1 aromatic rings. The van der Waals surface area contributed by atoms with Crippen LogP contribution in [0.4, 0.5) is 4.39 Å². The van der Waals surface area contributed by atoms with Gasteiger partial charge in [0.25, 0.3) is 0 Å². The lowest BCUT2D eigenvalue weighted by atomic mass is 10.2. The minimum atomic E-state index is -4.17. The van der Waals surface area contributed by atoms with Crippen LogP contribution in [-0.2, 0) is 10.0 Å². The fourth-order valence-electron chi connectivity index (χ4n) is 1.10. The Morgan fingerprint density at radius 2 is 2.06 bits per heavy atom. The molecule has 0 atom stereocenters. The van der Waals surface area contributed by atoms with Gasteiger partial charge < -0.3 is 9.84 Å². The first kappa shape index (κ1) is 12.4. The van der Waals surface area contributed by atoms with Gasteiger partial charge in [-0.15, -0.1) is 0 Å². The first-order valence-corrected chi connectivity index (χ1v) is 5.45. The average molecular weight is 249 g/mol. The molecule has 0 saturated carbocycles. The summed E-state index contributed by atoms with van der Waals surface area (Å²) in [5.41, 5.74) is -0.605. The van der Waals surface area contributed by atoms with Crippen LogP contribution in [0.25, 0.3) is 0 Å². The van der Waals surface area contributed by atoms with E-state index in [0.29, 0.717) is 6.07 Å². The molecule has 0 unspecified atom stereocenters. The Kier molecular flexibility index (Phi) is 3.15. The number of ether oxygens (including phenoxy) is 1. The van der Waals surface area contributed by atoms with Crippen molar-refractivity contribution >= 4 is 16.0 Å². The highest BCUT2D eigenvalue weighted by atomic mass is 32.2. The number of hydrogen-bond acceptors (Lipinski definition) is 4. The molecule has 0 amide bonds. The second-order valence-electron chi connectivity index (χ2n) is 2.84. The summed E-state index contributed by atoms with van der Waals surface area (Å²) < 4.78 is 39.7. The summed E-state index contributed by atoms with van der Waals surface area (Å²) in [6.07, 6.45) is 0. The number of methoxy groups -OCH3 is 1. The number of carboxylic acids is 1.